The Kier molecular flexibility index (Phi) is 5.97. The molecule has 8 heteroatoms. The highest BCUT2D eigenvalue weighted by molar-refractivity contribution is 7.09. The molecule has 1 N–H and O–H groups in total. The Bertz CT molecular complexity index is 891. The summed E-state index contributed by atoms with van der Waals surface area (Å²) < 4.78 is 4.92. The largest absolute Gasteiger partial charge is 0.452 e. The Balaban J connectivity index is 1.50. The van der Waals surface area contributed by atoms with Gasteiger partial charge in [0.1, 0.15) is 0 Å². The number of anilines is 2. The van der Waals surface area contributed by atoms with Crippen LogP contribution in [0, 0.1) is 6.92 Å². The summed E-state index contributed by atoms with van der Waals surface area (Å²) in [6.45, 7) is 2.16. The maximum atomic E-state index is 12.0. The molecule has 0 aliphatic carbocycles. The lowest BCUT2D eigenvalue weighted by Gasteiger charge is -2.16. The third-order valence-corrected chi connectivity index (χ3v) is 4.68. The van der Waals surface area contributed by atoms with E-state index in [0.29, 0.717) is 24.3 Å². The van der Waals surface area contributed by atoms with Crippen LogP contribution in [0.4, 0.5) is 11.4 Å². The first-order chi connectivity index (χ1) is 13.0. The van der Waals surface area contributed by atoms with E-state index in [1.54, 1.807) is 29.2 Å². The van der Waals surface area contributed by atoms with E-state index in [-0.39, 0.29) is 5.91 Å². The quantitative estimate of drug-likeness (QED) is 0.610. The molecule has 7 nitrogen and oxygen atoms in total. The third-order valence-electron chi connectivity index (χ3n) is 3.89. The van der Waals surface area contributed by atoms with E-state index in [1.165, 1.54) is 17.4 Å². The molecule has 1 aliphatic heterocycles. The Hall–Kier alpha value is -3.00. The molecule has 0 unspecified atom stereocenters. The zero-order chi connectivity index (χ0) is 19.2. The molecule has 0 atom stereocenters. The molecule has 1 aromatic heterocycles. The van der Waals surface area contributed by atoms with Crippen molar-refractivity contribution in [2.75, 3.05) is 23.4 Å². The number of hydrogen-bond donors (Lipinski definition) is 1. The fraction of sp³-hybridized carbons (Fsp3) is 0.263. The molecule has 0 saturated carbocycles. The Labute approximate surface area is 160 Å². The average molecular weight is 385 g/mol. The van der Waals surface area contributed by atoms with Gasteiger partial charge in [-0.15, -0.1) is 11.3 Å². The lowest BCUT2D eigenvalue weighted by atomic mass is 10.2. The van der Waals surface area contributed by atoms with Crippen LogP contribution in [0.1, 0.15) is 23.5 Å². The summed E-state index contributed by atoms with van der Waals surface area (Å²) in [5, 5.41) is 5.39. The van der Waals surface area contributed by atoms with Crippen LogP contribution in [0.15, 0.2) is 35.7 Å². The minimum Gasteiger partial charge on any atom is -0.452 e. The number of ether oxygens (including phenoxy) is 1. The van der Waals surface area contributed by atoms with Crippen molar-refractivity contribution in [2.24, 2.45) is 0 Å². The number of aryl methyl sites for hydroxylation is 1. The van der Waals surface area contributed by atoms with Crippen LogP contribution < -0.4 is 10.2 Å². The Morgan fingerprint density at radius 1 is 1.41 bits per heavy atom. The van der Waals surface area contributed by atoms with Gasteiger partial charge in [0.2, 0.25) is 5.91 Å². The predicted octanol–water partition coefficient (Wildman–Crippen LogP) is 2.77. The maximum Gasteiger partial charge on any atom is 0.331 e. The first kappa shape index (κ1) is 18.8. The summed E-state index contributed by atoms with van der Waals surface area (Å²) >= 11 is 1.48. The molecular formula is C19H19N3O4S. The molecule has 0 radical (unpaired) electrons. The number of carbonyl (C=O) groups excluding carboxylic acids is 3. The zero-order valence-electron chi connectivity index (χ0n) is 14.8. The number of carbonyl (C=O) groups is 3. The molecule has 1 aliphatic rings. The zero-order valence-corrected chi connectivity index (χ0v) is 15.6. The van der Waals surface area contributed by atoms with Crippen molar-refractivity contribution in [1.82, 2.24) is 4.98 Å². The number of benzene rings is 1. The van der Waals surface area contributed by atoms with E-state index in [2.05, 4.69) is 10.3 Å². The number of amides is 2. The van der Waals surface area contributed by atoms with Crippen LogP contribution in [0.25, 0.3) is 6.08 Å². The van der Waals surface area contributed by atoms with Crippen LogP contribution in [-0.2, 0) is 19.1 Å². The molecule has 2 heterocycles. The summed E-state index contributed by atoms with van der Waals surface area (Å²) in [5.74, 6) is -0.993. The lowest BCUT2D eigenvalue weighted by Crippen LogP contribution is -2.24. The molecular weight excluding hydrogens is 366 g/mol. The maximum absolute atomic E-state index is 12.0. The summed E-state index contributed by atoms with van der Waals surface area (Å²) in [4.78, 5) is 41.4. The average Bonchev–Trinajstić information content (AvgIpc) is 3.26. The highest BCUT2D eigenvalue weighted by Gasteiger charge is 2.21. The second-order valence-corrected chi connectivity index (χ2v) is 7.04. The summed E-state index contributed by atoms with van der Waals surface area (Å²) in [6, 6.07) is 7.03. The van der Waals surface area contributed by atoms with E-state index in [4.69, 9.17) is 4.74 Å². The molecule has 1 fully saturated rings. The highest BCUT2D eigenvalue weighted by atomic mass is 32.1. The molecule has 27 heavy (non-hydrogen) atoms. The van der Waals surface area contributed by atoms with Gasteiger partial charge in [0.15, 0.2) is 6.61 Å². The predicted molar refractivity (Wildman–Crippen MR) is 104 cm³/mol. The molecule has 2 aromatic rings. The van der Waals surface area contributed by atoms with Gasteiger partial charge in [-0.25, -0.2) is 9.78 Å². The first-order valence-corrected chi connectivity index (χ1v) is 9.36. The fourth-order valence-electron chi connectivity index (χ4n) is 2.66. The van der Waals surface area contributed by atoms with Crippen molar-refractivity contribution in [2.45, 2.75) is 19.8 Å². The standard InChI is InChI=1S/C19H19N3O4S/c1-13-20-15(12-27-13)7-8-19(25)26-11-17(23)21-14-4-2-5-16(10-14)22-9-3-6-18(22)24/h2,4-5,7-8,10,12H,3,6,9,11H2,1H3,(H,21,23)/b8-7+. The van der Waals surface area contributed by atoms with Gasteiger partial charge in [0.25, 0.3) is 5.91 Å². The van der Waals surface area contributed by atoms with Crippen molar-refractivity contribution in [3.8, 4) is 0 Å². The first-order valence-electron chi connectivity index (χ1n) is 8.48. The van der Waals surface area contributed by atoms with Gasteiger partial charge >= 0.3 is 5.97 Å². The lowest BCUT2D eigenvalue weighted by molar-refractivity contribution is -0.142. The van der Waals surface area contributed by atoms with Crippen LogP contribution in [0.2, 0.25) is 0 Å². The smallest absolute Gasteiger partial charge is 0.331 e. The van der Waals surface area contributed by atoms with Gasteiger partial charge < -0.3 is 15.0 Å². The number of esters is 1. The van der Waals surface area contributed by atoms with Gasteiger partial charge in [-0.2, -0.15) is 0 Å². The van der Waals surface area contributed by atoms with E-state index >= 15 is 0 Å². The SMILES string of the molecule is Cc1nc(/C=C/C(=O)OCC(=O)Nc2cccc(N3CCCC3=O)c2)cs1. The molecule has 140 valence electrons. The van der Waals surface area contributed by atoms with Crippen LogP contribution >= 0.6 is 11.3 Å². The molecule has 0 bridgehead atoms. The van der Waals surface area contributed by atoms with Crippen molar-refractivity contribution >= 4 is 46.6 Å². The van der Waals surface area contributed by atoms with Gasteiger partial charge in [0.05, 0.1) is 10.7 Å². The van der Waals surface area contributed by atoms with Crippen LogP contribution in [0.5, 0.6) is 0 Å². The number of thiazole rings is 1. The van der Waals surface area contributed by atoms with E-state index in [9.17, 15) is 14.4 Å². The monoisotopic (exact) mass is 385 g/mol. The van der Waals surface area contributed by atoms with Crippen molar-refractivity contribution in [1.29, 1.82) is 0 Å². The molecule has 1 saturated heterocycles. The van der Waals surface area contributed by atoms with E-state index < -0.39 is 18.5 Å². The molecule has 3 rings (SSSR count). The van der Waals surface area contributed by atoms with Crippen LogP contribution in [-0.4, -0.2) is 35.9 Å². The van der Waals surface area contributed by atoms with E-state index in [0.717, 1.165) is 17.1 Å². The third kappa shape index (κ3) is 5.24. The minimum atomic E-state index is -0.618. The summed E-state index contributed by atoms with van der Waals surface area (Å²) in [5.41, 5.74) is 1.96. The van der Waals surface area contributed by atoms with Gasteiger partial charge in [0, 0.05) is 35.8 Å². The van der Waals surface area contributed by atoms with Gasteiger partial charge in [-0.05, 0) is 37.6 Å². The highest BCUT2D eigenvalue weighted by Crippen LogP contribution is 2.24. The van der Waals surface area contributed by atoms with Gasteiger partial charge in [-0.3, -0.25) is 9.59 Å². The number of aromatic nitrogens is 1. The normalized spacial score (nSPS) is 14.0. The van der Waals surface area contributed by atoms with Crippen molar-refractivity contribution < 1.29 is 19.1 Å². The second-order valence-electron chi connectivity index (χ2n) is 5.98. The van der Waals surface area contributed by atoms with E-state index in [1.807, 2.05) is 18.4 Å². The molecule has 0 spiro atoms. The summed E-state index contributed by atoms with van der Waals surface area (Å²) in [6.07, 6.45) is 4.15. The van der Waals surface area contributed by atoms with Gasteiger partial charge in [-0.1, -0.05) is 6.07 Å². The molecule has 2 amide bonds. The Morgan fingerprint density at radius 3 is 2.96 bits per heavy atom. The molecule has 1 aromatic carbocycles. The van der Waals surface area contributed by atoms with Crippen molar-refractivity contribution in [3.63, 3.8) is 0 Å². The number of nitrogens with one attached hydrogen (secondary N) is 1. The number of nitrogens with zero attached hydrogens (tertiary/aromatic N) is 2. The van der Waals surface area contributed by atoms with Crippen molar-refractivity contribution in [3.05, 3.63) is 46.4 Å². The Morgan fingerprint density at radius 2 is 2.26 bits per heavy atom. The number of rotatable bonds is 6. The second kappa shape index (κ2) is 8.59. The minimum absolute atomic E-state index is 0.0782. The fourth-order valence-corrected chi connectivity index (χ4v) is 3.25. The number of hydrogen-bond acceptors (Lipinski definition) is 6. The van der Waals surface area contributed by atoms with Crippen LogP contribution in [0.3, 0.4) is 0 Å². The summed E-state index contributed by atoms with van der Waals surface area (Å²) in [7, 11) is 0. The topological polar surface area (TPSA) is 88.6 Å².